The maximum absolute atomic E-state index is 12.2. The lowest BCUT2D eigenvalue weighted by Crippen LogP contribution is -2.17. The van der Waals surface area contributed by atoms with E-state index in [0.717, 1.165) is 12.1 Å². The number of carboxylic acids is 1. The standard InChI is InChI=1S/C12H7F3N2O4/c13-12(14,15)21-9-4-2-1-3-8(9)20-10-6-5-7(11(18)19)16-17-10/h1-6H,(H,18,19). The molecule has 0 atom stereocenters. The molecule has 110 valence electrons. The van der Waals surface area contributed by atoms with Crippen molar-refractivity contribution in [3.05, 3.63) is 42.1 Å². The van der Waals surface area contributed by atoms with Crippen LogP contribution in [-0.2, 0) is 0 Å². The topological polar surface area (TPSA) is 81.5 Å². The van der Waals surface area contributed by atoms with E-state index < -0.39 is 18.1 Å². The van der Waals surface area contributed by atoms with E-state index in [4.69, 9.17) is 9.84 Å². The quantitative estimate of drug-likeness (QED) is 0.935. The number of hydrogen-bond acceptors (Lipinski definition) is 5. The summed E-state index contributed by atoms with van der Waals surface area (Å²) < 4.78 is 45.6. The van der Waals surface area contributed by atoms with E-state index in [1.807, 2.05) is 0 Å². The second-order valence-electron chi connectivity index (χ2n) is 3.66. The van der Waals surface area contributed by atoms with E-state index in [1.54, 1.807) is 0 Å². The Kier molecular flexibility index (Phi) is 3.92. The van der Waals surface area contributed by atoms with Gasteiger partial charge in [0.05, 0.1) is 0 Å². The van der Waals surface area contributed by atoms with Crippen LogP contribution >= 0.6 is 0 Å². The number of ether oxygens (including phenoxy) is 2. The van der Waals surface area contributed by atoms with Crippen LogP contribution in [0.15, 0.2) is 36.4 Å². The molecule has 6 nitrogen and oxygen atoms in total. The smallest absolute Gasteiger partial charge is 0.476 e. The van der Waals surface area contributed by atoms with Gasteiger partial charge in [0, 0.05) is 6.07 Å². The zero-order valence-electron chi connectivity index (χ0n) is 10.2. The first-order valence-corrected chi connectivity index (χ1v) is 5.45. The van der Waals surface area contributed by atoms with Crippen molar-refractivity contribution in [1.82, 2.24) is 10.2 Å². The van der Waals surface area contributed by atoms with Gasteiger partial charge in [0.15, 0.2) is 17.2 Å². The highest BCUT2D eigenvalue weighted by atomic mass is 19.4. The number of benzene rings is 1. The van der Waals surface area contributed by atoms with Crippen molar-refractivity contribution in [3.8, 4) is 17.4 Å². The third kappa shape index (κ3) is 4.06. The van der Waals surface area contributed by atoms with Gasteiger partial charge in [-0.1, -0.05) is 12.1 Å². The molecule has 0 spiro atoms. The van der Waals surface area contributed by atoms with Gasteiger partial charge in [-0.15, -0.1) is 23.4 Å². The number of hydrogen-bond donors (Lipinski definition) is 1. The summed E-state index contributed by atoms with van der Waals surface area (Å²) in [6.45, 7) is 0. The van der Waals surface area contributed by atoms with Gasteiger partial charge in [-0.3, -0.25) is 0 Å². The summed E-state index contributed by atoms with van der Waals surface area (Å²) in [4.78, 5) is 10.6. The first kappa shape index (κ1) is 14.6. The molecule has 0 unspecified atom stereocenters. The lowest BCUT2D eigenvalue weighted by molar-refractivity contribution is -0.275. The molecule has 0 aliphatic carbocycles. The molecule has 1 aromatic heterocycles. The summed E-state index contributed by atoms with van der Waals surface area (Å²) in [6.07, 6.45) is -4.86. The molecular formula is C12H7F3N2O4. The van der Waals surface area contributed by atoms with Crippen LogP contribution in [0.5, 0.6) is 17.4 Å². The van der Waals surface area contributed by atoms with Crippen LogP contribution in [0.25, 0.3) is 0 Å². The minimum atomic E-state index is -4.86. The fourth-order valence-electron chi connectivity index (χ4n) is 1.34. The minimum absolute atomic E-state index is 0.168. The van der Waals surface area contributed by atoms with E-state index in [0.29, 0.717) is 0 Å². The molecule has 2 rings (SSSR count). The number of nitrogens with zero attached hydrogens (tertiary/aromatic N) is 2. The summed E-state index contributed by atoms with van der Waals surface area (Å²) >= 11 is 0. The number of alkyl halides is 3. The van der Waals surface area contributed by atoms with Gasteiger partial charge in [-0.05, 0) is 18.2 Å². The molecule has 9 heteroatoms. The molecule has 0 saturated carbocycles. The molecule has 0 bridgehead atoms. The Hall–Kier alpha value is -2.84. The Balaban J connectivity index is 2.21. The summed E-state index contributed by atoms with van der Waals surface area (Å²) in [5.41, 5.74) is -0.317. The third-order valence-electron chi connectivity index (χ3n) is 2.15. The minimum Gasteiger partial charge on any atom is -0.476 e. The average Bonchev–Trinajstić information content (AvgIpc) is 2.40. The fourth-order valence-corrected chi connectivity index (χ4v) is 1.34. The van der Waals surface area contributed by atoms with E-state index in [2.05, 4.69) is 14.9 Å². The molecule has 0 amide bonds. The first-order valence-electron chi connectivity index (χ1n) is 5.45. The summed E-state index contributed by atoms with van der Waals surface area (Å²) in [7, 11) is 0. The zero-order valence-corrected chi connectivity index (χ0v) is 10.2. The van der Waals surface area contributed by atoms with E-state index in [1.165, 1.54) is 24.3 Å². The van der Waals surface area contributed by atoms with Crippen LogP contribution in [0.2, 0.25) is 0 Å². The molecule has 1 heterocycles. The van der Waals surface area contributed by atoms with Crippen LogP contribution < -0.4 is 9.47 Å². The van der Waals surface area contributed by atoms with Gasteiger partial charge in [0.2, 0.25) is 5.88 Å². The van der Waals surface area contributed by atoms with Crippen LogP contribution in [0.3, 0.4) is 0 Å². The van der Waals surface area contributed by atoms with Crippen molar-refractivity contribution in [2.75, 3.05) is 0 Å². The van der Waals surface area contributed by atoms with Gasteiger partial charge in [0.25, 0.3) is 0 Å². The number of para-hydroxylation sites is 2. The molecule has 0 fully saturated rings. The molecule has 0 aliphatic heterocycles. The first-order chi connectivity index (χ1) is 9.85. The summed E-state index contributed by atoms with van der Waals surface area (Å²) in [5.74, 6) is -2.23. The van der Waals surface area contributed by atoms with Crippen molar-refractivity contribution in [2.45, 2.75) is 6.36 Å². The Morgan fingerprint density at radius 2 is 1.71 bits per heavy atom. The zero-order chi connectivity index (χ0) is 15.5. The number of aromatic nitrogens is 2. The second-order valence-corrected chi connectivity index (χ2v) is 3.66. The van der Waals surface area contributed by atoms with E-state index >= 15 is 0 Å². The van der Waals surface area contributed by atoms with Crippen molar-refractivity contribution in [3.63, 3.8) is 0 Å². The average molecular weight is 300 g/mol. The van der Waals surface area contributed by atoms with Gasteiger partial charge in [-0.25, -0.2) is 4.79 Å². The molecule has 2 aromatic rings. The van der Waals surface area contributed by atoms with Crippen molar-refractivity contribution in [2.24, 2.45) is 0 Å². The van der Waals surface area contributed by atoms with Crippen LogP contribution in [0, 0.1) is 0 Å². The molecule has 0 radical (unpaired) electrons. The largest absolute Gasteiger partial charge is 0.573 e. The van der Waals surface area contributed by atoms with Crippen molar-refractivity contribution < 1.29 is 32.5 Å². The molecule has 0 saturated heterocycles. The monoisotopic (exact) mass is 300 g/mol. The van der Waals surface area contributed by atoms with E-state index in [9.17, 15) is 18.0 Å². The second kappa shape index (κ2) is 5.65. The highest BCUT2D eigenvalue weighted by Crippen LogP contribution is 2.34. The fraction of sp³-hybridized carbons (Fsp3) is 0.0833. The van der Waals surface area contributed by atoms with Crippen molar-refractivity contribution >= 4 is 5.97 Å². The van der Waals surface area contributed by atoms with Gasteiger partial charge in [0.1, 0.15) is 0 Å². The maximum atomic E-state index is 12.2. The Bertz CT molecular complexity index is 644. The van der Waals surface area contributed by atoms with Gasteiger partial charge >= 0.3 is 12.3 Å². The van der Waals surface area contributed by atoms with Crippen LogP contribution in [0.4, 0.5) is 13.2 Å². The normalized spacial score (nSPS) is 11.0. The molecule has 1 aromatic carbocycles. The maximum Gasteiger partial charge on any atom is 0.573 e. The number of carboxylic acid groups (broad SMARTS) is 1. The molecular weight excluding hydrogens is 293 g/mol. The number of rotatable bonds is 4. The number of carbonyl (C=O) groups is 1. The summed E-state index contributed by atoms with van der Waals surface area (Å²) in [5, 5.41) is 15.4. The molecule has 0 aliphatic rings. The summed E-state index contributed by atoms with van der Waals surface area (Å²) in [6, 6.07) is 7.37. The highest BCUT2D eigenvalue weighted by Gasteiger charge is 2.32. The highest BCUT2D eigenvalue weighted by molar-refractivity contribution is 5.84. The van der Waals surface area contributed by atoms with Crippen LogP contribution in [-0.4, -0.2) is 27.6 Å². The van der Waals surface area contributed by atoms with Crippen LogP contribution in [0.1, 0.15) is 10.5 Å². The number of aromatic carboxylic acids is 1. The lowest BCUT2D eigenvalue weighted by Gasteiger charge is -2.12. The third-order valence-corrected chi connectivity index (χ3v) is 2.15. The Labute approximate surface area is 115 Å². The predicted molar refractivity (Wildman–Crippen MR) is 62.2 cm³/mol. The lowest BCUT2D eigenvalue weighted by atomic mass is 10.3. The molecule has 21 heavy (non-hydrogen) atoms. The Morgan fingerprint density at radius 1 is 1.05 bits per heavy atom. The SMILES string of the molecule is O=C(O)c1ccc(Oc2ccccc2OC(F)(F)F)nn1. The predicted octanol–water partition coefficient (Wildman–Crippen LogP) is 2.87. The molecule has 1 N–H and O–H groups in total. The van der Waals surface area contributed by atoms with Gasteiger partial charge in [-0.2, -0.15) is 0 Å². The van der Waals surface area contributed by atoms with Gasteiger partial charge < -0.3 is 14.6 Å². The Morgan fingerprint density at radius 3 is 2.24 bits per heavy atom. The van der Waals surface area contributed by atoms with Crippen molar-refractivity contribution in [1.29, 1.82) is 0 Å². The van der Waals surface area contributed by atoms with E-state index in [-0.39, 0.29) is 17.3 Å². The number of halogens is 3.